The largest absolute Gasteiger partial charge is 0.411 e. The molecule has 0 radical (unpaired) electrons. The van der Waals surface area contributed by atoms with E-state index in [-0.39, 0.29) is 6.61 Å². The lowest BCUT2D eigenvalue weighted by Crippen LogP contribution is -2.17. The molecule has 90 valence electrons. The molecular formula is C10H12F3NOS. The summed E-state index contributed by atoms with van der Waals surface area (Å²) >= 11 is 1.43. The van der Waals surface area contributed by atoms with E-state index in [1.807, 2.05) is 12.1 Å². The number of hydrogen-bond donors (Lipinski definition) is 1. The molecule has 0 aliphatic rings. The minimum atomic E-state index is -4.24. The van der Waals surface area contributed by atoms with Crippen molar-refractivity contribution in [3.05, 3.63) is 24.3 Å². The van der Waals surface area contributed by atoms with Gasteiger partial charge in [-0.3, -0.25) is 0 Å². The van der Waals surface area contributed by atoms with Gasteiger partial charge in [-0.2, -0.15) is 13.2 Å². The van der Waals surface area contributed by atoms with Crippen LogP contribution in [0.4, 0.5) is 18.9 Å². The van der Waals surface area contributed by atoms with Crippen molar-refractivity contribution >= 4 is 17.4 Å². The van der Waals surface area contributed by atoms with Crippen LogP contribution in [-0.4, -0.2) is 25.1 Å². The zero-order valence-corrected chi connectivity index (χ0v) is 9.27. The fourth-order valence-corrected chi connectivity index (χ4v) is 1.74. The molecule has 1 rings (SSSR count). The van der Waals surface area contributed by atoms with Crippen LogP contribution < -0.4 is 5.73 Å². The Kier molecular flexibility index (Phi) is 4.95. The summed E-state index contributed by atoms with van der Waals surface area (Å²) in [5.41, 5.74) is 6.16. The predicted octanol–water partition coefficient (Wildman–Crippen LogP) is 2.94. The number of rotatable bonds is 5. The molecule has 0 saturated heterocycles. The van der Waals surface area contributed by atoms with Crippen molar-refractivity contribution in [3.63, 3.8) is 0 Å². The van der Waals surface area contributed by atoms with E-state index in [1.165, 1.54) is 11.8 Å². The number of benzene rings is 1. The van der Waals surface area contributed by atoms with E-state index in [0.717, 1.165) is 4.90 Å². The van der Waals surface area contributed by atoms with Gasteiger partial charge in [0, 0.05) is 16.3 Å². The molecule has 0 unspecified atom stereocenters. The number of halogens is 3. The number of thioether (sulfide) groups is 1. The van der Waals surface area contributed by atoms with Crippen molar-refractivity contribution in [1.29, 1.82) is 0 Å². The molecule has 6 heteroatoms. The number of alkyl halides is 3. The van der Waals surface area contributed by atoms with Crippen LogP contribution in [0.5, 0.6) is 0 Å². The topological polar surface area (TPSA) is 35.2 Å². The molecule has 1 aromatic carbocycles. The maximum Gasteiger partial charge on any atom is 0.411 e. The average Bonchev–Trinajstić information content (AvgIpc) is 2.19. The van der Waals surface area contributed by atoms with Crippen molar-refractivity contribution in [1.82, 2.24) is 0 Å². The van der Waals surface area contributed by atoms with Gasteiger partial charge in [0.1, 0.15) is 6.61 Å². The Balaban J connectivity index is 2.14. The van der Waals surface area contributed by atoms with Crippen molar-refractivity contribution < 1.29 is 17.9 Å². The average molecular weight is 251 g/mol. The molecule has 0 aromatic heterocycles. The lowest BCUT2D eigenvalue weighted by Gasteiger charge is -2.07. The van der Waals surface area contributed by atoms with Crippen LogP contribution in [-0.2, 0) is 4.74 Å². The predicted molar refractivity (Wildman–Crippen MR) is 58.5 cm³/mol. The number of hydrogen-bond acceptors (Lipinski definition) is 3. The van der Waals surface area contributed by atoms with Crippen molar-refractivity contribution in [3.8, 4) is 0 Å². The van der Waals surface area contributed by atoms with Gasteiger partial charge in [0.2, 0.25) is 0 Å². The summed E-state index contributed by atoms with van der Waals surface area (Å²) in [6, 6.07) is 7.14. The summed E-state index contributed by atoms with van der Waals surface area (Å²) < 4.78 is 39.6. The van der Waals surface area contributed by atoms with Crippen molar-refractivity contribution in [2.75, 3.05) is 24.7 Å². The van der Waals surface area contributed by atoms with Crippen LogP contribution in [0, 0.1) is 0 Å². The van der Waals surface area contributed by atoms with Crippen LogP contribution in [0.25, 0.3) is 0 Å². The highest BCUT2D eigenvalue weighted by atomic mass is 32.2. The molecule has 0 heterocycles. The minimum Gasteiger partial charge on any atom is -0.399 e. The van der Waals surface area contributed by atoms with Crippen molar-refractivity contribution in [2.24, 2.45) is 0 Å². The van der Waals surface area contributed by atoms with Crippen LogP contribution in [0.15, 0.2) is 29.2 Å². The molecule has 0 spiro atoms. The van der Waals surface area contributed by atoms with Crippen LogP contribution in [0.1, 0.15) is 0 Å². The summed E-state index contributed by atoms with van der Waals surface area (Å²) in [4.78, 5) is 0.963. The fourth-order valence-electron chi connectivity index (χ4n) is 0.970. The van der Waals surface area contributed by atoms with Gasteiger partial charge >= 0.3 is 6.18 Å². The Labute approximate surface area is 96.0 Å². The summed E-state index contributed by atoms with van der Waals surface area (Å²) in [6.45, 7) is -1.11. The van der Waals surface area contributed by atoms with Gasteiger partial charge in [-0.05, 0) is 24.3 Å². The van der Waals surface area contributed by atoms with Gasteiger partial charge in [-0.1, -0.05) is 0 Å². The second-order valence-electron chi connectivity index (χ2n) is 3.09. The Morgan fingerprint density at radius 3 is 2.38 bits per heavy atom. The van der Waals surface area contributed by atoms with E-state index < -0.39 is 12.8 Å². The lowest BCUT2D eigenvalue weighted by molar-refractivity contribution is -0.172. The summed E-state index contributed by atoms with van der Waals surface area (Å²) in [5, 5.41) is 0. The molecule has 1 aromatic rings. The van der Waals surface area contributed by atoms with E-state index in [1.54, 1.807) is 12.1 Å². The number of ether oxygens (including phenoxy) is 1. The minimum absolute atomic E-state index is 0.0779. The fraction of sp³-hybridized carbons (Fsp3) is 0.400. The highest BCUT2D eigenvalue weighted by Gasteiger charge is 2.27. The van der Waals surface area contributed by atoms with Crippen LogP contribution in [0.2, 0.25) is 0 Å². The zero-order chi connectivity index (χ0) is 12.0. The highest BCUT2D eigenvalue weighted by Crippen LogP contribution is 2.19. The van der Waals surface area contributed by atoms with Gasteiger partial charge in [0.05, 0.1) is 6.61 Å². The van der Waals surface area contributed by atoms with Gasteiger partial charge in [-0.15, -0.1) is 11.8 Å². The first-order valence-corrected chi connectivity index (χ1v) is 5.59. The summed E-state index contributed by atoms with van der Waals surface area (Å²) in [7, 11) is 0. The second-order valence-corrected chi connectivity index (χ2v) is 4.25. The third-order valence-corrected chi connectivity index (χ3v) is 2.62. The SMILES string of the molecule is Nc1ccc(SCCOCC(F)(F)F)cc1. The molecule has 0 fully saturated rings. The molecule has 0 saturated carbocycles. The van der Waals surface area contributed by atoms with E-state index in [0.29, 0.717) is 11.4 Å². The van der Waals surface area contributed by atoms with Crippen molar-refractivity contribution in [2.45, 2.75) is 11.1 Å². The first-order chi connectivity index (χ1) is 7.47. The van der Waals surface area contributed by atoms with Gasteiger partial charge in [0.25, 0.3) is 0 Å². The molecular weight excluding hydrogens is 239 g/mol. The molecule has 16 heavy (non-hydrogen) atoms. The molecule has 0 atom stereocenters. The third kappa shape index (κ3) is 5.87. The molecule has 0 aliphatic carbocycles. The normalized spacial score (nSPS) is 11.7. The van der Waals surface area contributed by atoms with Gasteiger partial charge < -0.3 is 10.5 Å². The third-order valence-electron chi connectivity index (χ3n) is 1.64. The maximum atomic E-state index is 11.7. The molecule has 0 bridgehead atoms. The van der Waals surface area contributed by atoms with E-state index in [2.05, 4.69) is 4.74 Å². The van der Waals surface area contributed by atoms with E-state index in [4.69, 9.17) is 5.73 Å². The Morgan fingerprint density at radius 2 is 1.81 bits per heavy atom. The summed E-state index contributed by atoms with van der Waals surface area (Å²) in [6.07, 6.45) is -4.24. The van der Waals surface area contributed by atoms with E-state index in [9.17, 15) is 13.2 Å². The highest BCUT2D eigenvalue weighted by molar-refractivity contribution is 7.99. The molecule has 2 N–H and O–H groups in total. The number of anilines is 1. The Morgan fingerprint density at radius 1 is 1.19 bits per heavy atom. The first-order valence-electron chi connectivity index (χ1n) is 4.60. The monoisotopic (exact) mass is 251 g/mol. The quantitative estimate of drug-likeness (QED) is 0.496. The standard InChI is InChI=1S/C10H12F3NOS/c11-10(12,13)7-15-5-6-16-9-3-1-8(14)2-4-9/h1-4H,5-7,14H2. The van der Waals surface area contributed by atoms with Gasteiger partial charge in [0.15, 0.2) is 0 Å². The lowest BCUT2D eigenvalue weighted by atomic mass is 10.3. The molecule has 0 aliphatic heterocycles. The molecule has 0 amide bonds. The zero-order valence-electron chi connectivity index (χ0n) is 8.46. The maximum absolute atomic E-state index is 11.7. The number of nitrogen functional groups attached to an aromatic ring is 1. The Hall–Kier alpha value is -0.880. The van der Waals surface area contributed by atoms with Gasteiger partial charge in [-0.25, -0.2) is 0 Å². The number of nitrogens with two attached hydrogens (primary N) is 1. The Bertz CT molecular complexity index is 313. The second kappa shape index (κ2) is 6.00. The molecule has 2 nitrogen and oxygen atoms in total. The van der Waals surface area contributed by atoms with Crippen LogP contribution in [0.3, 0.4) is 0 Å². The van der Waals surface area contributed by atoms with Crippen LogP contribution >= 0.6 is 11.8 Å². The smallest absolute Gasteiger partial charge is 0.399 e. The first kappa shape index (κ1) is 13.2. The summed E-state index contributed by atoms with van der Waals surface area (Å²) in [5.74, 6) is 0.486. The van der Waals surface area contributed by atoms with E-state index >= 15 is 0 Å².